The SMILES string of the molecule is c1ccc(C2=NC(c3cc(-c4ccc(-c5cccc6ccccc56)cc4)cc4oc5ccccc5c34)NC(c3ccccc3)=N2)cc1. The number of aliphatic imine (C=N–C) groups is 2. The second-order valence-corrected chi connectivity index (χ2v) is 11.8. The third-order valence-electron chi connectivity index (χ3n) is 8.94. The zero-order valence-electron chi connectivity index (χ0n) is 25.5. The van der Waals surface area contributed by atoms with E-state index in [0.717, 1.165) is 55.6 Å². The molecule has 222 valence electrons. The van der Waals surface area contributed by atoms with Crippen molar-refractivity contribution in [2.24, 2.45) is 9.98 Å². The highest BCUT2D eigenvalue weighted by Gasteiger charge is 2.25. The van der Waals surface area contributed by atoms with E-state index in [1.54, 1.807) is 0 Å². The van der Waals surface area contributed by atoms with Crippen LogP contribution in [0.1, 0.15) is 22.9 Å². The van der Waals surface area contributed by atoms with Gasteiger partial charge in [0.25, 0.3) is 0 Å². The normalized spacial score (nSPS) is 14.6. The van der Waals surface area contributed by atoms with Crippen LogP contribution in [-0.4, -0.2) is 11.7 Å². The molecule has 0 amide bonds. The third-order valence-corrected chi connectivity index (χ3v) is 8.94. The Labute approximate surface area is 272 Å². The predicted octanol–water partition coefficient (Wildman–Crippen LogP) is 10.6. The van der Waals surface area contributed by atoms with Gasteiger partial charge in [-0.15, -0.1) is 0 Å². The number of amidine groups is 2. The summed E-state index contributed by atoms with van der Waals surface area (Å²) in [6.45, 7) is 0. The van der Waals surface area contributed by atoms with Crippen LogP contribution in [0, 0.1) is 0 Å². The maximum Gasteiger partial charge on any atom is 0.159 e. The van der Waals surface area contributed by atoms with Crippen molar-refractivity contribution in [3.8, 4) is 22.3 Å². The van der Waals surface area contributed by atoms with Crippen molar-refractivity contribution >= 4 is 44.4 Å². The summed E-state index contributed by atoms with van der Waals surface area (Å²) < 4.78 is 6.50. The largest absolute Gasteiger partial charge is 0.456 e. The van der Waals surface area contributed by atoms with Crippen LogP contribution in [0.25, 0.3) is 55.0 Å². The summed E-state index contributed by atoms with van der Waals surface area (Å²) in [5.41, 5.74) is 9.30. The predicted molar refractivity (Wildman–Crippen MR) is 194 cm³/mol. The minimum atomic E-state index is -0.392. The molecule has 1 unspecified atom stereocenters. The molecule has 1 aromatic heterocycles. The molecule has 1 N–H and O–H groups in total. The first kappa shape index (κ1) is 27.1. The van der Waals surface area contributed by atoms with Crippen molar-refractivity contribution in [3.63, 3.8) is 0 Å². The fourth-order valence-electron chi connectivity index (χ4n) is 6.66. The Kier molecular flexibility index (Phi) is 6.50. The lowest BCUT2D eigenvalue weighted by molar-refractivity contribution is 0.662. The maximum absolute atomic E-state index is 6.50. The minimum absolute atomic E-state index is 0.392. The molecule has 4 heteroatoms. The van der Waals surface area contributed by atoms with Gasteiger partial charge in [0, 0.05) is 27.5 Å². The van der Waals surface area contributed by atoms with Gasteiger partial charge in [-0.05, 0) is 51.2 Å². The molecule has 2 heterocycles. The molecule has 0 spiro atoms. The summed E-state index contributed by atoms with van der Waals surface area (Å²) in [6.07, 6.45) is -0.392. The number of para-hydroxylation sites is 1. The van der Waals surface area contributed by atoms with Crippen LogP contribution in [0.3, 0.4) is 0 Å². The summed E-state index contributed by atoms with van der Waals surface area (Å²) in [6, 6.07) is 56.9. The van der Waals surface area contributed by atoms with Crippen molar-refractivity contribution < 1.29 is 4.42 Å². The number of nitrogens with zero attached hydrogens (tertiary/aromatic N) is 2. The first-order valence-corrected chi connectivity index (χ1v) is 15.9. The molecule has 0 aliphatic carbocycles. The van der Waals surface area contributed by atoms with Crippen molar-refractivity contribution in [2.45, 2.75) is 6.17 Å². The molecule has 0 saturated heterocycles. The van der Waals surface area contributed by atoms with Gasteiger partial charge in [-0.25, -0.2) is 9.98 Å². The van der Waals surface area contributed by atoms with Gasteiger partial charge in [0.15, 0.2) is 5.84 Å². The lowest BCUT2D eigenvalue weighted by Gasteiger charge is -2.24. The quantitative estimate of drug-likeness (QED) is 0.213. The van der Waals surface area contributed by atoms with Crippen LogP contribution in [0.15, 0.2) is 178 Å². The molecule has 1 aliphatic heterocycles. The monoisotopic (exact) mass is 603 g/mol. The molecular weight excluding hydrogens is 574 g/mol. The van der Waals surface area contributed by atoms with E-state index in [1.165, 1.54) is 21.9 Å². The molecule has 1 aliphatic rings. The van der Waals surface area contributed by atoms with Gasteiger partial charge in [-0.3, -0.25) is 0 Å². The molecule has 47 heavy (non-hydrogen) atoms. The van der Waals surface area contributed by atoms with Crippen molar-refractivity contribution in [2.75, 3.05) is 0 Å². The summed E-state index contributed by atoms with van der Waals surface area (Å²) >= 11 is 0. The van der Waals surface area contributed by atoms with Crippen LogP contribution in [-0.2, 0) is 0 Å². The first-order valence-electron chi connectivity index (χ1n) is 15.9. The smallest absolute Gasteiger partial charge is 0.159 e. The number of furan rings is 1. The van der Waals surface area contributed by atoms with Crippen LogP contribution in [0.5, 0.6) is 0 Å². The van der Waals surface area contributed by atoms with Crippen molar-refractivity contribution in [1.82, 2.24) is 5.32 Å². The topological polar surface area (TPSA) is 49.9 Å². The molecule has 4 nitrogen and oxygen atoms in total. The number of rotatable bonds is 5. The fraction of sp³-hybridized carbons (Fsp3) is 0.0233. The molecule has 7 aromatic carbocycles. The van der Waals surface area contributed by atoms with Gasteiger partial charge in [0.05, 0.1) is 0 Å². The fourth-order valence-corrected chi connectivity index (χ4v) is 6.66. The zero-order chi connectivity index (χ0) is 31.2. The lowest BCUT2D eigenvalue weighted by Crippen LogP contribution is -2.33. The molecule has 0 radical (unpaired) electrons. The highest BCUT2D eigenvalue weighted by atomic mass is 16.3. The van der Waals surface area contributed by atoms with Gasteiger partial charge in [-0.1, -0.05) is 146 Å². The van der Waals surface area contributed by atoms with Gasteiger partial charge < -0.3 is 9.73 Å². The average Bonchev–Trinajstić information content (AvgIpc) is 3.53. The molecule has 0 saturated carbocycles. The summed E-state index contributed by atoms with van der Waals surface area (Å²) in [5.74, 6) is 1.48. The van der Waals surface area contributed by atoms with Gasteiger partial charge >= 0.3 is 0 Å². The summed E-state index contributed by atoms with van der Waals surface area (Å²) in [7, 11) is 0. The molecule has 1 atom stereocenters. The van der Waals surface area contributed by atoms with E-state index in [-0.39, 0.29) is 0 Å². The zero-order valence-corrected chi connectivity index (χ0v) is 25.5. The second-order valence-electron chi connectivity index (χ2n) is 11.8. The van der Waals surface area contributed by atoms with E-state index in [9.17, 15) is 0 Å². The maximum atomic E-state index is 6.50. The average molecular weight is 604 g/mol. The molecule has 9 rings (SSSR count). The van der Waals surface area contributed by atoms with Crippen molar-refractivity contribution in [3.05, 3.63) is 180 Å². The Balaban J connectivity index is 1.20. The van der Waals surface area contributed by atoms with Crippen LogP contribution in [0.4, 0.5) is 0 Å². The summed E-state index contributed by atoms with van der Waals surface area (Å²) in [4.78, 5) is 10.2. The number of benzene rings is 7. The van der Waals surface area contributed by atoms with Crippen LogP contribution < -0.4 is 5.32 Å². The Morgan fingerprint density at radius 1 is 0.489 bits per heavy atom. The number of fused-ring (bicyclic) bond motifs is 4. The number of hydrogen-bond acceptors (Lipinski definition) is 4. The van der Waals surface area contributed by atoms with Crippen LogP contribution >= 0.6 is 0 Å². The lowest BCUT2D eigenvalue weighted by atomic mass is 9.94. The van der Waals surface area contributed by atoms with Crippen LogP contribution in [0.2, 0.25) is 0 Å². The molecule has 0 fully saturated rings. The van der Waals surface area contributed by atoms with E-state index >= 15 is 0 Å². The Bertz CT molecular complexity index is 2470. The molecule has 0 bridgehead atoms. The van der Waals surface area contributed by atoms with Gasteiger partial charge in [-0.2, -0.15) is 0 Å². The Morgan fingerprint density at radius 2 is 1.15 bits per heavy atom. The Morgan fingerprint density at radius 3 is 1.96 bits per heavy atom. The van der Waals surface area contributed by atoms with E-state index in [0.29, 0.717) is 5.84 Å². The Hall–Kier alpha value is -6.26. The third kappa shape index (κ3) is 4.88. The van der Waals surface area contributed by atoms with Gasteiger partial charge in [0.2, 0.25) is 0 Å². The highest BCUT2D eigenvalue weighted by molar-refractivity contribution is 6.14. The van der Waals surface area contributed by atoms with E-state index < -0.39 is 6.17 Å². The molecule has 8 aromatic rings. The number of nitrogens with one attached hydrogen (secondary N) is 1. The highest BCUT2D eigenvalue weighted by Crippen LogP contribution is 2.39. The van der Waals surface area contributed by atoms with E-state index in [2.05, 4.69) is 121 Å². The first-order chi connectivity index (χ1) is 23.3. The van der Waals surface area contributed by atoms with Crippen molar-refractivity contribution in [1.29, 1.82) is 0 Å². The second kappa shape index (κ2) is 11.3. The van der Waals surface area contributed by atoms with E-state index in [1.807, 2.05) is 48.5 Å². The minimum Gasteiger partial charge on any atom is -0.456 e. The molecular formula is C43H29N3O. The van der Waals surface area contributed by atoms with E-state index in [4.69, 9.17) is 14.4 Å². The van der Waals surface area contributed by atoms with Gasteiger partial charge in [0.1, 0.15) is 23.2 Å². The number of hydrogen-bond donors (Lipinski definition) is 1. The standard InChI is InChI=1S/C43H29N3O/c1-3-13-31(14-4-1)41-44-42(32-15-5-2-6-16-32)46-43(45-41)37-26-33(27-39-40(37)36-19-9-10-21-38(36)47-39)28-22-24-30(25-23-28)35-20-11-17-29-12-7-8-18-34(29)35/h1-27,43H,(H,44,45,46). The summed E-state index contributed by atoms with van der Waals surface area (Å²) in [5, 5.41) is 8.29.